The van der Waals surface area contributed by atoms with Crippen molar-refractivity contribution in [2.24, 2.45) is 0 Å². The van der Waals surface area contributed by atoms with Gasteiger partial charge in [0.1, 0.15) is 17.2 Å². The molecule has 3 heterocycles. The van der Waals surface area contributed by atoms with E-state index < -0.39 is 5.92 Å². The van der Waals surface area contributed by atoms with E-state index in [1.54, 1.807) is 0 Å². The van der Waals surface area contributed by atoms with Gasteiger partial charge in [0.2, 0.25) is 5.89 Å². The first-order valence-electron chi connectivity index (χ1n) is 9.72. The van der Waals surface area contributed by atoms with E-state index in [1.807, 2.05) is 31.2 Å². The smallest absolute Gasteiger partial charge is 0.324 e. The Hall–Kier alpha value is -2.86. The summed E-state index contributed by atoms with van der Waals surface area (Å²) >= 11 is 0. The van der Waals surface area contributed by atoms with Crippen molar-refractivity contribution in [3.8, 4) is 5.75 Å². The predicted molar refractivity (Wildman–Crippen MR) is 107 cm³/mol. The van der Waals surface area contributed by atoms with E-state index in [9.17, 15) is 4.79 Å². The van der Waals surface area contributed by atoms with Crippen LogP contribution in [0.4, 0.5) is 5.69 Å². The van der Waals surface area contributed by atoms with E-state index >= 15 is 0 Å². The van der Waals surface area contributed by atoms with Crippen molar-refractivity contribution in [2.45, 2.75) is 19.3 Å². The molecule has 2 aliphatic heterocycles. The summed E-state index contributed by atoms with van der Waals surface area (Å²) in [6.45, 7) is 6.03. The van der Waals surface area contributed by atoms with Gasteiger partial charge in [-0.25, -0.2) is 4.98 Å². The minimum atomic E-state index is -0.506. The van der Waals surface area contributed by atoms with E-state index in [1.165, 1.54) is 0 Å². The highest BCUT2D eigenvalue weighted by Gasteiger charge is 2.34. The van der Waals surface area contributed by atoms with Gasteiger partial charge < -0.3 is 19.0 Å². The van der Waals surface area contributed by atoms with Gasteiger partial charge in [0.25, 0.3) is 0 Å². The Labute approximate surface area is 163 Å². The molecule has 1 unspecified atom stereocenters. The molecule has 2 aliphatic rings. The predicted octanol–water partition coefficient (Wildman–Crippen LogP) is 3.13. The zero-order valence-corrected chi connectivity index (χ0v) is 16.1. The fourth-order valence-corrected chi connectivity index (χ4v) is 3.99. The molecule has 0 aliphatic carbocycles. The molecule has 6 heteroatoms. The molecule has 1 aromatic heterocycles. The van der Waals surface area contributed by atoms with Crippen molar-refractivity contribution in [3.63, 3.8) is 0 Å². The number of likely N-dealkylation sites (N-methyl/N-ethyl adjacent to an activating group) is 1. The Morgan fingerprint density at radius 1 is 1.11 bits per heavy atom. The molecule has 0 N–H and O–H groups in total. The zero-order chi connectivity index (χ0) is 19.3. The summed E-state index contributed by atoms with van der Waals surface area (Å²) in [5.41, 5.74) is 4.67. The molecular weight excluding hydrogens is 354 g/mol. The summed E-state index contributed by atoms with van der Waals surface area (Å²) in [5.74, 6) is 0.286. The van der Waals surface area contributed by atoms with Crippen molar-refractivity contribution < 1.29 is 13.9 Å². The van der Waals surface area contributed by atoms with Crippen molar-refractivity contribution in [1.29, 1.82) is 0 Å². The van der Waals surface area contributed by atoms with Gasteiger partial charge in [0, 0.05) is 37.9 Å². The summed E-state index contributed by atoms with van der Waals surface area (Å²) in [7, 11) is 2.14. The maximum absolute atomic E-state index is 12.7. The number of ether oxygens (including phenoxy) is 1. The molecule has 1 atom stereocenters. The maximum atomic E-state index is 12.7. The van der Waals surface area contributed by atoms with Crippen molar-refractivity contribution in [1.82, 2.24) is 9.88 Å². The van der Waals surface area contributed by atoms with Gasteiger partial charge in [-0.1, -0.05) is 18.2 Å². The number of fused-ring (bicyclic) bond motifs is 2. The van der Waals surface area contributed by atoms with Crippen LogP contribution in [0.25, 0.3) is 11.1 Å². The second kappa shape index (κ2) is 6.63. The van der Waals surface area contributed by atoms with Gasteiger partial charge in [0.05, 0.1) is 0 Å². The number of hydrogen-bond acceptors (Lipinski definition) is 6. The number of nitrogens with zero attached hydrogens (tertiary/aromatic N) is 3. The molecule has 0 spiro atoms. The summed E-state index contributed by atoms with van der Waals surface area (Å²) in [6.07, 6.45) is 0.545. The Bertz CT molecular complexity index is 1050. The van der Waals surface area contributed by atoms with Crippen LogP contribution in [0.5, 0.6) is 5.75 Å². The molecule has 6 nitrogen and oxygen atoms in total. The second-order valence-corrected chi connectivity index (χ2v) is 7.73. The van der Waals surface area contributed by atoms with Gasteiger partial charge in [-0.05, 0) is 43.7 Å². The third kappa shape index (κ3) is 2.94. The van der Waals surface area contributed by atoms with Crippen LogP contribution in [0, 0.1) is 6.92 Å². The van der Waals surface area contributed by atoms with E-state index in [0.29, 0.717) is 23.6 Å². The summed E-state index contributed by atoms with van der Waals surface area (Å²) in [4.78, 5) is 21.9. The van der Waals surface area contributed by atoms with Crippen molar-refractivity contribution in [2.75, 3.05) is 38.1 Å². The van der Waals surface area contributed by atoms with Gasteiger partial charge >= 0.3 is 5.97 Å². The zero-order valence-electron chi connectivity index (χ0n) is 16.1. The first kappa shape index (κ1) is 17.3. The average Bonchev–Trinajstić information content (AvgIpc) is 3.13. The molecule has 1 fully saturated rings. The normalized spacial score (nSPS) is 20.3. The number of esters is 1. The minimum Gasteiger partial charge on any atom is -0.440 e. The average molecular weight is 377 g/mol. The molecule has 0 radical (unpaired) electrons. The Morgan fingerprint density at radius 2 is 1.93 bits per heavy atom. The highest BCUT2D eigenvalue weighted by Crippen LogP contribution is 2.37. The quantitative estimate of drug-likeness (QED) is 0.505. The summed E-state index contributed by atoms with van der Waals surface area (Å²) < 4.78 is 11.6. The van der Waals surface area contributed by atoms with E-state index in [0.717, 1.165) is 48.5 Å². The molecule has 3 aromatic rings. The Balaban J connectivity index is 1.42. The number of oxazole rings is 1. The number of carbonyl (C=O) groups excluding carboxylic acids is 1. The fourth-order valence-electron chi connectivity index (χ4n) is 3.99. The number of aromatic nitrogens is 1. The van der Waals surface area contributed by atoms with Gasteiger partial charge in [-0.2, -0.15) is 0 Å². The monoisotopic (exact) mass is 377 g/mol. The van der Waals surface area contributed by atoms with Crippen LogP contribution in [0.15, 0.2) is 40.8 Å². The van der Waals surface area contributed by atoms with Gasteiger partial charge in [0.15, 0.2) is 5.58 Å². The lowest BCUT2D eigenvalue weighted by Gasteiger charge is -2.34. The third-order valence-corrected chi connectivity index (χ3v) is 5.77. The van der Waals surface area contributed by atoms with Crippen LogP contribution in [0.1, 0.15) is 22.9 Å². The van der Waals surface area contributed by atoms with Crippen LogP contribution >= 0.6 is 0 Å². The standard InChI is InChI=1S/C22H23N3O3/c1-14-4-3-5-18-20(14)23-21(27-18)17-12-15-6-7-16(13-19(15)28-22(17)26)25-10-8-24(2)9-11-25/h3-7,13,17H,8-12H2,1-2H3. The van der Waals surface area contributed by atoms with E-state index in [-0.39, 0.29) is 5.97 Å². The number of para-hydroxylation sites is 1. The van der Waals surface area contributed by atoms with Crippen LogP contribution in [-0.2, 0) is 11.2 Å². The lowest BCUT2D eigenvalue weighted by molar-refractivity contribution is -0.137. The summed E-state index contributed by atoms with van der Waals surface area (Å²) in [6, 6.07) is 12.0. The number of benzene rings is 2. The number of piperazine rings is 1. The molecule has 0 saturated carbocycles. The molecule has 0 bridgehead atoms. The second-order valence-electron chi connectivity index (χ2n) is 7.73. The van der Waals surface area contributed by atoms with Crippen LogP contribution in [0.3, 0.4) is 0 Å². The highest BCUT2D eigenvalue weighted by molar-refractivity contribution is 5.84. The molecule has 0 amide bonds. The minimum absolute atomic E-state index is 0.299. The SMILES string of the molecule is Cc1cccc2oc(C3Cc4ccc(N5CCN(C)CC5)cc4OC3=O)nc12. The van der Waals surface area contributed by atoms with Crippen LogP contribution < -0.4 is 9.64 Å². The highest BCUT2D eigenvalue weighted by atomic mass is 16.5. The van der Waals surface area contributed by atoms with E-state index in [4.69, 9.17) is 9.15 Å². The molecule has 1 saturated heterocycles. The molecule has 28 heavy (non-hydrogen) atoms. The number of rotatable bonds is 2. The van der Waals surface area contributed by atoms with E-state index in [2.05, 4.69) is 34.0 Å². The number of hydrogen-bond donors (Lipinski definition) is 0. The molecule has 144 valence electrons. The van der Waals surface area contributed by atoms with Crippen molar-refractivity contribution >= 4 is 22.8 Å². The molecular formula is C22H23N3O3. The summed E-state index contributed by atoms with van der Waals surface area (Å²) in [5, 5.41) is 0. The topological polar surface area (TPSA) is 58.8 Å². The Kier molecular flexibility index (Phi) is 4.09. The molecule has 2 aromatic carbocycles. The van der Waals surface area contributed by atoms with Crippen LogP contribution in [-0.4, -0.2) is 49.1 Å². The first-order chi connectivity index (χ1) is 13.6. The number of carbonyl (C=O) groups is 1. The fraction of sp³-hybridized carbons (Fsp3) is 0.364. The third-order valence-electron chi connectivity index (χ3n) is 5.77. The first-order valence-corrected chi connectivity index (χ1v) is 9.72. The van der Waals surface area contributed by atoms with Crippen LogP contribution in [0.2, 0.25) is 0 Å². The van der Waals surface area contributed by atoms with Gasteiger partial charge in [-0.15, -0.1) is 0 Å². The Morgan fingerprint density at radius 3 is 2.71 bits per heavy atom. The van der Waals surface area contributed by atoms with Gasteiger partial charge in [-0.3, -0.25) is 4.79 Å². The number of aryl methyl sites for hydroxylation is 1. The number of anilines is 1. The lowest BCUT2D eigenvalue weighted by Crippen LogP contribution is -2.44. The largest absolute Gasteiger partial charge is 0.440 e. The maximum Gasteiger partial charge on any atom is 0.324 e. The molecule has 5 rings (SSSR count). The lowest BCUT2D eigenvalue weighted by atomic mass is 9.95. The van der Waals surface area contributed by atoms with Crippen molar-refractivity contribution in [3.05, 3.63) is 53.4 Å².